The molecule has 0 aliphatic carbocycles. The summed E-state index contributed by atoms with van der Waals surface area (Å²) in [5.74, 6) is 0.759. The first-order chi connectivity index (χ1) is 17.0. The van der Waals surface area contributed by atoms with E-state index >= 15 is 0 Å². The zero-order valence-electron chi connectivity index (χ0n) is 20.4. The minimum Gasteiger partial charge on any atom is -0.489 e. The Morgan fingerprint density at radius 2 is 1.69 bits per heavy atom. The van der Waals surface area contributed by atoms with E-state index in [0.29, 0.717) is 26.2 Å². The van der Waals surface area contributed by atoms with Crippen LogP contribution in [0.4, 0.5) is 5.69 Å². The highest BCUT2D eigenvalue weighted by Crippen LogP contribution is 2.18. The van der Waals surface area contributed by atoms with Crippen LogP contribution in [0.2, 0.25) is 0 Å². The zero-order chi connectivity index (χ0) is 24.6. The second kappa shape index (κ2) is 11.7. The Balaban J connectivity index is 1.28. The van der Waals surface area contributed by atoms with Gasteiger partial charge in [-0.1, -0.05) is 48.0 Å². The molecule has 1 aliphatic heterocycles. The zero-order valence-corrected chi connectivity index (χ0v) is 20.4. The third-order valence-electron chi connectivity index (χ3n) is 6.38. The van der Waals surface area contributed by atoms with Crippen molar-refractivity contribution in [2.75, 3.05) is 31.5 Å². The third kappa shape index (κ3) is 6.70. The molecule has 0 bridgehead atoms. The third-order valence-corrected chi connectivity index (χ3v) is 6.38. The molecular formula is C29H33N3O3. The lowest BCUT2D eigenvalue weighted by Gasteiger charge is -2.27. The Hall–Kier alpha value is -3.64. The maximum atomic E-state index is 12.9. The van der Waals surface area contributed by atoms with Crippen molar-refractivity contribution in [1.82, 2.24) is 9.80 Å². The van der Waals surface area contributed by atoms with Crippen molar-refractivity contribution < 1.29 is 14.3 Å². The van der Waals surface area contributed by atoms with Gasteiger partial charge in [0.25, 0.3) is 5.91 Å². The molecule has 1 aliphatic rings. The van der Waals surface area contributed by atoms with Crippen LogP contribution in [0.3, 0.4) is 0 Å². The van der Waals surface area contributed by atoms with Crippen molar-refractivity contribution in [2.45, 2.75) is 32.9 Å². The fraction of sp³-hybridized carbons (Fsp3) is 0.310. The monoisotopic (exact) mass is 471 g/mol. The first-order valence-electron chi connectivity index (χ1n) is 12.2. The van der Waals surface area contributed by atoms with Crippen LogP contribution in [0.1, 0.15) is 34.8 Å². The number of benzene rings is 3. The normalized spacial score (nSPS) is 15.2. The number of carbonyl (C=O) groups excluding carboxylic acids is 2. The Bertz CT molecular complexity index is 1130. The van der Waals surface area contributed by atoms with Crippen LogP contribution in [0, 0.1) is 6.92 Å². The molecule has 1 unspecified atom stereocenters. The summed E-state index contributed by atoms with van der Waals surface area (Å²) in [7, 11) is 0. The van der Waals surface area contributed by atoms with Crippen LogP contribution in [0.15, 0.2) is 78.9 Å². The lowest BCUT2D eigenvalue weighted by atomic mass is 10.1. The highest BCUT2D eigenvalue weighted by Gasteiger charge is 2.26. The highest BCUT2D eigenvalue weighted by molar-refractivity contribution is 5.95. The summed E-state index contributed by atoms with van der Waals surface area (Å²) in [6.07, 6.45) is 0.836. The van der Waals surface area contributed by atoms with Crippen molar-refractivity contribution in [2.24, 2.45) is 0 Å². The number of aryl methyl sites for hydroxylation is 1. The minimum absolute atomic E-state index is 0.0542. The van der Waals surface area contributed by atoms with Crippen LogP contribution in [0.25, 0.3) is 0 Å². The van der Waals surface area contributed by atoms with Crippen molar-refractivity contribution in [3.63, 3.8) is 0 Å². The van der Waals surface area contributed by atoms with Gasteiger partial charge in [-0.15, -0.1) is 0 Å². The Morgan fingerprint density at radius 1 is 0.914 bits per heavy atom. The van der Waals surface area contributed by atoms with Crippen molar-refractivity contribution in [1.29, 1.82) is 0 Å². The van der Waals surface area contributed by atoms with E-state index in [1.54, 1.807) is 0 Å². The predicted molar refractivity (Wildman–Crippen MR) is 139 cm³/mol. The van der Waals surface area contributed by atoms with Crippen LogP contribution >= 0.6 is 0 Å². The first kappa shape index (κ1) is 24.5. The molecule has 0 spiro atoms. The van der Waals surface area contributed by atoms with E-state index in [1.807, 2.05) is 97.6 Å². The number of nitrogens with one attached hydrogen (secondary N) is 1. The predicted octanol–water partition coefficient (Wildman–Crippen LogP) is 4.75. The van der Waals surface area contributed by atoms with E-state index in [4.69, 9.17) is 4.74 Å². The quantitative estimate of drug-likeness (QED) is 0.540. The molecule has 1 atom stereocenters. The van der Waals surface area contributed by atoms with Gasteiger partial charge >= 0.3 is 0 Å². The largest absolute Gasteiger partial charge is 0.489 e. The second-order valence-corrected chi connectivity index (χ2v) is 9.02. The van der Waals surface area contributed by atoms with Gasteiger partial charge in [-0.05, 0) is 62.2 Å². The fourth-order valence-corrected chi connectivity index (χ4v) is 4.28. The summed E-state index contributed by atoms with van der Waals surface area (Å²) < 4.78 is 5.82. The van der Waals surface area contributed by atoms with E-state index in [9.17, 15) is 9.59 Å². The van der Waals surface area contributed by atoms with Gasteiger partial charge in [-0.2, -0.15) is 0 Å². The maximum Gasteiger partial charge on any atom is 0.253 e. The SMILES string of the molecule is Cc1cccc(C(=O)N2CCCN(C(C)C(=O)Nc3ccc(OCc4ccccc4)cc3)CC2)c1. The first-order valence-corrected chi connectivity index (χ1v) is 12.2. The molecule has 2 amide bonds. The molecule has 3 aromatic rings. The molecule has 182 valence electrons. The summed E-state index contributed by atoms with van der Waals surface area (Å²) in [5.41, 5.74) is 3.64. The Kier molecular flexibility index (Phi) is 8.16. The minimum atomic E-state index is -0.293. The lowest BCUT2D eigenvalue weighted by Crippen LogP contribution is -2.44. The van der Waals surface area contributed by atoms with Crippen molar-refractivity contribution in [3.05, 3.63) is 95.6 Å². The summed E-state index contributed by atoms with van der Waals surface area (Å²) in [6.45, 7) is 7.16. The van der Waals surface area contributed by atoms with E-state index in [0.717, 1.165) is 41.1 Å². The van der Waals surface area contributed by atoms with E-state index in [-0.39, 0.29) is 17.9 Å². The maximum absolute atomic E-state index is 12.9. The molecule has 4 rings (SSSR count). The molecule has 0 radical (unpaired) electrons. The van der Waals surface area contributed by atoms with Gasteiger partial charge in [0.15, 0.2) is 0 Å². The number of anilines is 1. The van der Waals surface area contributed by atoms with Crippen molar-refractivity contribution >= 4 is 17.5 Å². The second-order valence-electron chi connectivity index (χ2n) is 9.02. The number of carbonyl (C=O) groups is 2. The number of rotatable bonds is 7. The summed E-state index contributed by atoms with van der Waals surface area (Å²) >= 11 is 0. The molecule has 1 fully saturated rings. The standard InChI is InChI=1S/C29H33N3O3/c1-22-8-6-11-25(20-22)29(34)32-17-7-16-31(18-19-32)23(2)28(33)30-26-12-14-27(15-13-26)35-21-24-9-4-3-5-10-24/h3-6,8-15,20,23H,7,16-19,21H2,1-2H3,(H,30,33). The van der Waals surface area contributed by atoms with Crippen LogP contribution < -0.4 is 10.1 Å². The average molecular weight is 472 g/mol. The van der Waals surface area contributed by atoms with Gasteiger partial charge in [0.1, 0.15) is 12.4 Å². The molecule has 0 aromatic heterocycles. The average Bonchev–Trinajstić information content (AvgIpc) is 3.14. The Morgan fingerprint density at radius 3 is 2.43 bits per heavy atom. The Labute approximate surface area is 207 Å². The topological polar surface area (TPSA) is 61.9 Å². The molecule has 6 nitrogen and oxygen atoms in total. The van der Waals surface area contributed by atoms with E-state index in [1.165, 1.54) is 0 Å². The number of nitrogens with zero attached hydrogens (tertiary/aromatic N) is 2. The molecule has 1 saturated heterocycles. The van der Waals surface area contributed by atoms with Gasteiger partial charge in [-0.25, -0.2) is 0 Å². The van der Waals surface area contributed by atoms with Crippen LogP contribution in [-0.4, -0.2) is 53.8 Å². The molecule has 1 N–H and O–H groups in total. The number of hydrogen-bond acceptors (Lipinski definition) is 4. The lowest BCUT2D eigenvalue weighted by molar-refractivity contribution is -0.120. The van der Waals surface area contributed by atoms with Crippen molar-refractivity contribution in [3.8, 4) is 5.75 Å². The van der Waals surface area contributed by atoms with E-state index in [2.05, 4.69) is 10.2 Å². The smallest absolute Gasteiger partial charge is 0.253 e. The molecular weight excluding hydrogens is 438 g/mol. The number of hydrogen-bond donors (Lipinski definition) is 1. The van der Waals surface area contributed by atoms with Gasteiger partial charge in [-0.3, -0.25) is 14.5 Å². The highest BCUT2D eigenvalue weighted by atomic mass is 16.5. The van der Waals surface area contributed by atoms with Crippen LogP contribution in [-0.2, 0) is 11.4 Å². The molecule has 3 aromatic carbocycles. The molecule has 35 heavy (non-hydrogen) atoms. The molecule has 0 saturated carbocycles. The summed E-state index contributed by atoms with van der Waals surface area (Å²) in [5, 5.41) is 3.01. The van der Waals surface area contributed by atoms with Gasteiger partial charge < -0.3 is 15.0 Å². The van der Waals surface area contributed by atoms with E-state index < -0.39 is 0 Å². The van der Waals surface area contributed by atoms with Crippen LogP contribution in [0.5, 0.6) is 5.75 Å². The van der Waals surface area contributed by atoms with Gasteiger partial charge in [0, 0.05) is 37.4 Å². The summed E-state index contributed by atoms with van der Waals surface area (Å²) in [6, 6.07) is 24.9. The van der Waals surface area contributed by atoms with Gasteiger partial charge in [0.2, 0.25) is 5.91 Å². The molecule has 6 heteroatoms. The number of amides is 2. The van der Waals surface area contributed by atoms with Gasteiger partial charge in [0.05, 0.1) is 6.04 Å². The number of ether oxygens (including phenoxy) is 1. The fourth-order valence-electron chi connectivity index (χ4n) is 4.28. The molecule has 1 heterocycles. The summed E-state index contributed by atoms with van der Waals surface area (Å²) in [4.78, 5) is 29.9.